The van der Waals surface area contributed by atoms with E-state index in [9.17, 15) is 8.42 Å². The lowest BCUT2D eigenvalue weighted by atomic mass is 10.2. The molecule has 4 nitrogen and oxygen atoms in total. The van der Waals surface area contributed by atoms with E-state index in [4.69, 9.17) is 23.2 Å². The molecule has 20 heavy (non-hydrogen) atoms. The second-order valence-electron chi connectivity index (χ2n) is 5.39. The Kier molecular flexibility index (Phi) is 3.99. The number of hydrogen-bond acceptors (Lipinski definition) is 3. The predicted octanol–water partition coefficient (Wildman–Crippen LogP) is 2.69. The molecule has 2 aliphatic rings. The molecule has 0 unspecified atom stereocenters. The van der Waals surface area contributed by atoms with Crippen LogP contribution in [-0.4, -0.2) is 20.5 Å². The van der Waals surface area contributed by atoms with E-state index in [0.29, 0.717) is 23.2 Å². The fourth-order valence-corrected chi connectivity index (χ4v) is 4.18. The first-order valence-electron chi connectivity index (χ1n) is 6.70. The second kappa shape index (κ2) is 5.46. The molecule has 0 spiro atoms. The van der Waals surface area contributed by atoms with Crippen LogP contribution in [-0.2, 0) is 16.6 Å². The summed E-state index contributed by atoms with van der Waals surface area (Å²) >= 11 is 12.4. The van der Waals surface area contributed by atoms with Crippen molar-refractivity contribution in [1.82, 2.24) is 10.0 Å². The molecule has 0 amide bonds. The minimum atomic E-state index is -3.56. The molecule has 2 N–H and O–H groups in total. The number of halogens is 2. The predicted molar refractivity (Wildman–Crippen MR) is 79.7 cm³/mol. The van der Waals surface area contributed by atoms with Gasteiger partial charge >= 0.3 is 0 Å². The third-order valence-corrected chi connectivity index (χ3v) is 5.94. The van der Waals surface area contributed by atoms with Crippen molar-refractivity contribution in [1.29, 1.82) is 0 Å². The minimum Gasteiger partial charge on any atom is -0.310 e. The van der Waals surface area contributed by atoms with Crippen LogP contribution >= 0.6 is 23.2 Å². The van der Waals surface area contributed by atoms with Crippen molar-refractivity contribution in [2.24, 2.45) is 0 Å². The minimum absolute atomic E-state index is 0.0554. The van der Waals surface area contributed by atoms with E-state index in [1.807, 2.05) is 0 Å². The number of benzene rings is 1. The molecule has 0 heterocycles. The number of sulfonamides is 1. The summed E-state index contributed by atoms with van der Waals surface area (Å²) in [6.07, 6.45) is 4.08. The Balaban J connectivity index is 1.88. The van der Waals surface area contributed by atoms with Crippen LogP contribution in [0.15, 0.2) is 17.0 Å². The molecule has 0 radical (unpaired) electrons. The lowest BCUT2D eigenvalue weighted by molar-refractivity contribution is 0.581. The van der Waals surface area contributed by atoms with Gasteiger partial charge in [-0.3, -0.25) is 0 Å². The first-order valence-corrected chi connectivity index (χ1v) is 8.94. The Morgan fingerprint density at radius 1 is 1.10 bits per heavy atom. The maximum Gasteiger partial charge on any atom is 0.242 e. The summed E-state index contributed by atoms with van der Waals surface area (Å²) < 4.78 is 27.2. The summed E-state index contributed by atoms with van der Waals surface area (Å²) in [5, 5.41) is 4.02. The molecule has 2 aliphatic carbocycles. The van der Waals surface area contributed by atoms with Gasteiger partial charge in [0, 0.05) is 29.2 Å². The van der Waals surface area contributed by atoms with Crippen molar-refractivity contribution in [3.05, 3.63) is 27.7 Å². The average molecular weight is 335 g/mol. The molecular formula is C13H16Cl2N2O2S. The standard InChI is InChI=1S/C13H16Cl2N2O2S/c14-11-5-6-12(20(18,19)17-9-3-4-9)13(15)10(11)7-16-8-1-2-8/h5-6,8-9,16-17H,1-4,7H2. The maximum atomic E-state index is 12.3. The largest absolute Gasteiger partial charge is 0.310 e. The highest BCUT2D eigenvalue weighted by molar-refractivity contribution is 7.89. The molecule has 0 saturated heterocycles. The maximum absolute atomic E-state index is 12.3. The fraction of sp³-hybridized carbons (Fsp3) is 0.538. The molecule has 0 atom stereocenters. The molecule has 3 rings (SSSR count). The van der Waals surface area contributed by atoms with Gasteiger partial charge in [0.05, 0.1) is 5.02 Å². The van der Waals surface area contributed by atoms with E-state index in [2.05, 4.69) is 10.0 Å². The fourth-order valence-electron chi connectivity index (χ4n) is 1.96. The van der Waals surface area contributed by atoms with E-state index >= 15 is 0 Å². The van der Waals surface area contributed by atoms with Crippen molar-refractivity contribution in [2.75, 3.05) is 0 Å². The van der Waals surface area contributed by atoms with Crippen LogP contribution in [0.25, 0.3) is 0 Å². The third kappa shape index (κ3) is 3.28. The van der Waals surface area contributed by atoms with Crippen molar-refractivity contribution in [2.45, 2.75) is 49.2 Å². The van der Waals surface area contributed by atoms with Gasteiger partial charge in [-0.15, -0.1) is 0 Å². The normalized spacial score (nSPS) is 19.3. The quantitative estimate of drug-likeness (QED) is 0.840. The van der Waals surface area contributed by atoms with E-state index < -0.39 is 10.0 Å². The van der Waals surface area contributed by atoms with Gasteiger partial charge in [-0.25, -0.2) is 13.1 Å². The van der Waals surface area contributed by atoms with Crippen molar-refractivity contribution < 1.29 is 8.42 Å². The smallest absolute Gasteiger partial charge is 0.242 e. The van der Waals surface area contributed by atoms with Crippen LogP contribution in [0.3, 0.4) is 0 Å². The van der Waals surface area contributed by atoms with Gasteiger partial charge < -0.3 is 5.32 Å². The Bertz CT molecular complexity index is 626. The zero-order valence-electron chi connectivity index (χ0n) is 10.8. The monoisotopic (exact) mass is 334 g/mol. The van der Waals surface area contributed by atoms with Crippen LogP contribution in [0, 0.1) is 0 Å². The van der Waals surface area contributed by atoms with E-state index in [1.165, 1.54) is 6.07 Å². The van der Waals surface area contributed by atoms with Gasteiger partial charge in [-0.2, -0.15) is 0 Å². The van der Waals surface area contributed by atoms with Crippen molar-refractivity contribution in [3.8, 4) is 0 Å². The van der Waals surface area contributed by atoms with Crippen LogP contribution in [0.5, 0.6) is 0 Å². The first-order chi connectivity index (χ1) is 9.47. The highest BCUT2D eigenvalue weighted by Gasteiger charge is 2.30. The van der Waals surface area contributed by atoms with Crippen molar-refractivity contribution >= 4 is 33.2 Å². The first kappa shape index (κ1) is 14.6. The molecule has 7 heteroatoms. The van der Waals surface area contributed by atoms with Crippen LogP contribution < -0.4 is 10.0 Å². The van der Waals surface area contributed by atoms with Gasteiger partial charge in [-0.05, 0) is 37.8 Å². The molecule has 2 saturated carbocycles. The summed E-state index contributed by atoms with van der Waals surface area (Å²) in [4.78, 5) is 0.114. The molecule has 0 aromatic heterocycles. The van der Waals surface area contributed by atoms with E-state index in [0.717, 1.165) is 25.7 Å². The highest BCUT2D eigenvalue weighted by atomic mass is 35.5. The Labute approximate surface area is 128 Å². The van der Waals surface area contributed by atoms with Gasteiger partial charge in [0.25, 0.3) is 0 Å². The Morgan fingerprint density at radius 3 is 2.35 bits per heavy atom. The van der Waals surface area contributed by atoms with Crippen molar-refractivity contribution in [3.63, 3.8) is 0 Å². The molecule has 0 bridgehead atoms. The average Bonchev–Trinajstić information content (AvgIpc) is 3.22. The summed E-state index contributed by atoms with van der Waals surface area (Å²) in [6, 6.07) is 3.63. The Morgan fingerprint density at radius 2 is 1.75 bits per heavy atom. The molecule has 1 aromatic carbocycles. The zero-order valence-corrected chi connectivity index (χ0v) is 13.2. The summed E-state index contributed by atoms with van der Waals surface area (Å²) in [5.74, 6) is 0. The second-order valence-corrected chi connectivity index (χ2v) is 7.86. The molecule has 1 aromatic rings. The zero-order chi connectivity index (χ0) is 14.3. The molecule has 2 fully saturated rings. The SMILES string of the molecule is O=S(=O)(NC1CC1)c1ccc(Cl)c(CNC2CC2)c1Cl. The molecule has 0 aliphatic heterocycles. The van der Waals surface area contributed by atoms with E-state index in [-0.39, 0.29) is 16.0 Å². The lowest BCUT2D eigenvalue weighted by Gasteiger charge is -2.13. The molecular weight excluding hydrogens is 319 g/mol. The third-order valence-electron chi connectivity index (χ3n) is 3.48. The van der Waals surface area contributed by atoms with Crippen LogP contribution in [0.2, 0.25) is 10.0 Å². The number of nitrogens with one attached hydrogen (secondary N) is 2. The Hall–Kier alpha value is -0.330. The van der Waals surface area contributed by atoms with Gasteiger partial charge in [-0.1, -0.05) is 23.2 Å². The van der Waals surface area contributed by atoms with Crippen LogP contribution in [0.4, 0.5) is 0 Å². The highest BCUT2D eigenvalue weighted by Crippen LogP contribution is 2.33. The topological polar surface area (TPSA) is 58.2 Å². The van der Waals surface area contributed by atoms with Gasteiger partial charge in [0.1, 0.15) is 4.90 Å². The van der Waals surface area contributed by atoms with Gasteiger partial charge in [0.15, 0.2) is 0 Å². The van der Waals surface area contributed by atoms with Crippen LogP contribution in [0.1, 0.15) is 31.2 Å². The lowest BCUT2D eigenvalue weighted by Crippen LogP contribution is -2.26. The number of hydrogen-bond donors (Lipinski definition) is 2. The van der Waals surface area contributed by atoms with Gasteiger partial charge in [0.2, 0.25) is 10.0 Å². The molecule has 110 valence electrons. The van der Waals surface area contributed by atoms with E-state index in [1.54, 1.807) is 6.07 Å². The summed E-state index contributed by atoms with van der Waals surface area (Å²) in [5.41, 5.74) is 0.652. The number of rotatable bonds is 6. The summed E-state index contributed by atoms with van der Waals surface area (Å²) in [6.45, 7) is 0.495. The summed E-state index contributed by atoms with van der Waals surface area (Å²) in [7, 11) is -3.56.